The van der Waals surface area contributed by atoms with Gasteiger partial charge in [0.25, 0.3) is 0 Å². The van der Waals surface area contributed by atoms with Crippen molar-refractivity contribution in [1.82, 2.24) is 0 Å². The molecule has 0 saturated carbocycles. The second kappa shape index (κ2) is 6.38. The predicted molar refractivity (Wildman–Crippen MR) is 70.1 cm³/mol. The van der Waals surface area contributed by atoms with E-state index in [9.17, 15) is 9.59 Å². The van der Waals surface area contributed by atoms with Gasteiger partial charge >= 0.3 is 5.97 Å². The van der Waals surface area contributed by atoms with Gasteiger partial charge in [0, 0.05) is 10.6 Å². The molecule has 1 aromatic rings. The van der Waals surface area contributed by atoms with Crippen molar-refractivity contribution in [2.45, 2.75) is 11.8 Å². The summed E-state index contributed by atoms with van der Waals surface area (Å²) in [6.45, 7) is 1.87. The minimum atomic E-state index is -1.05. The van der Waals surface area contributed by atoms with Gasteiger partial charge in [0.05, 0.1) is 11.6 Å². The fraction of sp³-hybridized carbons (Fsp3) is 0.273. The van der Waals surface area contributed by atoms with E-state index >= 15 is 0 Å². The Hall–Kier alpha value is -0.580. The Bertz CT molecular complexity index is 448. The fourth-order valence-corrected chi connectivity index (χ4v) is 2.03. The first-order valence-electron chi connectivity index (χ1n) is 4.77. The van der Waals surface area contributed by atoms with Crippen LogP contribution < -0.4 is 0 Å². The molecule has 0 aliphatic heterocycles. The van der Waals surface area contributed by atoms with Crippen LogP contribution in [0.1, 0.15) is 17.3 Å². The summed E-state index contributed by atoms with van der Waals surface area (Å²) in [5.74, 6) is -1.09. The maximum Gasteiger partial charge on any atom is 0.327 e. The summed E-state index contributed by atoms with van der Waals surface area (Å²) in [5, 5.41) is 0.630. The molecular formula is C11H9BrCl2O3. The zero-order valence-corrected chi connectivity index (χ0v) is 12.0. The SMILES string of the molecule is CCOC(=O)C(Br)C(=O)c1ccc(Cl)cc1Cl. The number of hydrogen-bond donors (Lipinski definition) is 0. The van der Waals surface area contributed by atoms with Crippen molar-refractivity contribution in [3.8, 4) is 0 Å². The largest absolute Gasteiger partial charge is 0.465 e. The Morgan fingerprint density at radius 3 is 2.59 bits per heavy atom. The lowest BCUT2D eigenvalue weighted by Gasteiger charge is -2.09. The number of alkyl halides is 1. The maximum absolute atomic E-state index is 11.9. The molecule has 1 unspecified atom stereocenters. The second-order valence-electron chi connectivity index (χ2n) is 3.10. The van der Waals surface area contributed by atoms with Crippen molar-refractivity contribution < 1.29 is 14.3 Å². The normalized spacial score (nSPS) is 12.0. The first-order valence-corrected chi connectivity index (χ1v) is 6.44. The van der Waals surface area contributed by atoms with E-state index < -0.39 is 16.6 Å². The molecule has 0 radical (unpaired) electrons. The first kappa shape index (κ1) is 14.5. The molecule has 0 aliphatic carbocycles. The molecule has 1 atom stereocenters. The number of carbonyl (C=O) groups excluding carboxylic acids is 2. The van der Waals surface area contributed by atoms with E-state index in [-0.39, 0.29) is 17.2 Å². The number of carbonyl (C=O) groups is 2. The number of esters is 1. The highest BCUT2D eigenvalue weighted by Crippen LogP contribution is 2.24. The van der Waals surface area contributed by atoms with Crippen LogP contribution >= 0.6 is 39.1 Å². The molecule has 17 heavy (non-hydrogen) atoms. The van der Waals surface area contributed by atoms with E-state index in [4.69, 9.17) is 27.9 Å². The second-order valence-corrected chi connectivity index (χ2v) is 4.86. The van der Waals surface area contributed by atoms with Crippen LogP contribution in [0.2, 0.25) is 10.0 Å². The highest BCUT2D eigenvalue weighted by molar-refractivity contribution is 9.10. The minimum absolute atomic E-state index is 0.205. The predicted octanol–water partition coefficient (Wildman–Crippen LogP) is 3.50. The number of ketones is 1. The van der Waals surface area contributed by atoms with Crippen molar-refractivity contribution in [3.63, 3.8) is 0 Å². The average molecular weight is 340 g/mol. The fourth-order valence-electron chi connectivity index (χ4n) is 1.15. The Labute approximate surface area is 117 Å². The standard InChI is InChI=1S/C11H9BrCl2O3/c1-2-17-11(16)9(12)10(15)7-4-3-6(13)5-8(7)14/h3-5,9H,2H2,1H3. The van der Waals surface area contributed by atoms with Gasteiger partial charge < -0.3 is 4.74 Å². The first-order chi connectivity index (χ1) is 7.97. The molecule has 3 nitrogen and oxygen atoms in total. The molecule has 0 aromatic heterocycles. The molecule has 0 saturated heterocycles. The van der Waals surface area contributed by atoms with Gasteiger partial charge in [-0.15, -0.1) is 0 Å². The molecule has 6 heteroatoms. The van der Waals surface area contributed by atoms with Gasteiger partial charge in [-0.1, -0.05) is 39.1 Å². The lowest BCUT2D eigenvalue weighted by Crippen LogP contribution is -2.26. The molecule has 0 fully saturated rings. The maximum atomic E-state index is 11.9. The summed E-state index contributed by atoms with van der Waals surface area (Å²) in [5.41, 5.74) is 0.228. The highest BCUT2D eigenvalue weighted by Gasteiger charge is 2.27. The monoisotopic (exact) mass is 338 g/mol. The van der Waals surface area contributed by atoms with Crippen molar-refractivity contribution in [1.29, 1.82) is 0 Å². The van der Waals surface area contributed by atoms with Gasteiger partial charge in [-0.05, 0) is 25.1 Å². The number of benzene rings is 1. The number of rotatable bonds is 4. The molecule has 0 spiro atoms. The minimum Gasteiger partial charge on any atom is -0.465 e. The van der Waals surface area contributed by atoms with Crippen LogP contribution in [0.3, 0.4) is 0 Å². The molecule has 0 N–H and O–H groups in total. The summed E-state index contributed by atoms with van der Waals surface area (Å²) in [7, 11) is 0. The third kappa shape index (κ3) is 3.69. The van der Waals surface area contributed by atoms with Crippen LogP contribution in [0.25, 0.3) is 0 Å². The molecule has 1 rings (SSSR count). The third-order valence-corrected chi connectivity index (χ3v) is 3.26. The van der Waals surface area contributed by atoms with Crippen LogP contribution in [0.4, 0.5) is 0 Å². The van der Waals surface area contributed by atoms with Gasteiger partial charge in [0.2, 0.25) is 0 Å². The van der Waals surface area contributed by atoms with Crippen LogP contribution in [0.15, 0.2) is 18.2 Å². The average Bonchev–Trinajstić information content (AvgIpc) is 2.27. The third-order valence-electron chi connectivity index (χ3n) is 1.92. The zero-order chi connectivity index (χ0) is 13.0. The van der Waals surface area contributed by atoms with E-state index in [0.717, 1.165) is 0 Å². The Balaban J connectivity index is 2.92. The van der Waals surface area contributed by atoms with Gasteiger partial charge in [0.15, 0.2) is 10.6 Å². The Morgan fingerprint density at radius 1 is 1.41 bits per heavy atom. The smallest absolute Gasteiger partial charge is 0.327 e. The van der Waals surface area contributed by atoms with Gasteiger partial charge in [-0.3, -0.25) is 9.59 Å². The summed E-state index contributed by atoms with van der Waals surface area (Å²) < 4.78 is 4.73. The van der Waals surface area contributed by atoms with Crippen LogP contribution in [0, 0.1) is 0 Å². The molecule has 0 amide bonds. The molecular weight excluding hydrogens is 331 g/mol. The number of Topliss-reactive ketones (excluding diaryl/α,β-unsaturated/α-hetero) is 1. The number of hydrogen-bond acceptors (Lipinski definition) is 3. The van der Waals surface area contributed by atoms with Crippen LogP contribution in [0.5, 0.6) is 0 Å². The molecule has 1 aromatic carbocycles. The lowest BCUT2D eigenvalue weighted by atomic mass is 10.1. The zero-order valence-electron chi connectivity index (χ0n) is 8.88. The summed E-state index contributed by atoms with van der Waals surface area (Å²) in [4.78, 5) is 22.2. The summed E-state index contributed by atoms with van der Waals surface area (Å²) in [6, 6.07) is 4.45. The van der Waals surface area contributed by atoms with E-state index in [0.29, 0.717) is 5.02 Å². The molecule has 0 bridgehead atoms. The highest BCUT2D eigenvalue weighted by atomic mass is 79.9. The quantitative estimate of drug-likeness (QED) is 0.365. The van der Waals surface area contributed by atoms with E-state index in [1.54, 1.807) is 6.92 Å². The number of halogens is 3. The van der Waals surface area contributed by atoms with Gasteiger partial charge in [-0.2, -0.15) is 0 Å². The van der Waals surface area contributed by atoms with E-state index in [2.05, 4.69) is 15.9 Å². The topological polar surface area (TPSA) is 43.4 Å². The van der Waals surface area contributed by atoms with E-state index in [1.165, 1.54) is 18.2 Å². The van der Waals surface area contributed by atoms with Crippen molar-refractivity contribution >= 4 is 50.9 Å². The Morgan fingerprint density at radius 2 is 2.06 bits per heavy atom. The van der Waals surface area contributed by atoms with Crippen molar-refractivity contribution in [2.75, 3.05) is 6.61 Å². The molecule has 92 valence electrons. The van der Waals surface area contributed by atoms with Crippen molar-refractivity contribution in [3.05, 3.63) is 33.8 Å². The van der Waals surface area contributed by atoms with Gasteiger partial charge in [0.1, 0.15) is 0 Å². The summed E-state index contributed by atoms with van der Waals surface area (Å²) >= 11 is 14.6. The van der Waals surface area contributed by atoms with Crippen molar-refractivity contribution in [2.24, 2.45) is 0 Å². The van der Waals surface area contributed by atoms with Crippen LogP contribution in [-0.2, 0) is 9.53 Å². The summed E-state index contributed by atoms with van der Waals surface area (Å²) in [6.07, 6.45) is 0. The molecule has 0 aliphatic rings. The molecule has 0 heterocycles. The van der Waals surface area contributed by atoms with E-state index in [1.807, 2.05) is 0 Å². The lowest BCUT2D eigenvalue weighted by molar-refractivity contribution is -0.141. The van der Waals surface area contributed by atoms with Gasteiger partial charge in [-0.25, -0.2) is 0 Å². The Kier molecular flexibility index (Phi) is 5.43. The number of ether oxygens (including phenoxy) is 1. The van der Waals surface area contributed by atoms with Crippen LogP contribution in [-0.4, -0.2) is 23.2 Å².